The number of carbonyl (C=O) groups is 4. The van der Waals surface area contributed by atoms with E-state index in [0.29, 0.717) is 112 Å². The molecule has 99 heavy (non-hydrogen) atoms. The molecule has 2 aliphatic rings. The average Bonchev–Trinajstić information content (AvgIpc) is 1.76. The lowest BCUT2D eigenvalue weighted by Crippen LogP contribution is -2.36. The van der Waals surface area contributed by atoms with Gasteiger partial charge in [-0.1, -0.05) is 46.9 Å². The Kier molecular flexibility index (Phi) is 25.1. The molecule has 0 radical (unpaired) electrons. The van der Waals surface area contributed by atoms with Crippen molar-refractivity contribution in [2.24, 2.45) is 20.5 Å². The molecule has 0 aliphatic carbocycles. The number of aliphatic hydroxyl groups is 2. The number of ether oxygens (including phenoxy) is 2. The zero-order valence-electron chi connectivity index (χ0n) is 54.8. The largest absolute Gasteiger partial charge is 0.395 e. The number of thiazole rings is 2. The number of nitrogens with zero attached hydrogens (tertiary/aromatic N) is 14. The SMILES string of the molecule is CCN(CC)c1ccc(/N=N/c2nc(N3CCOCC3)c(C=C(C(C)=O)C(=O)Nc3ccccc3S(=O)(=O)O)s2)c(Nc2nc(Nc3cc(N(CC)CC)ccc3/N=N/c3nc(N4CCOCC4)c(/C=C(\C(C)=O)C(=O)Nc4ccccc4S(=O)(=O)O)s3)nc(N(CCO)CCO)n2)c1. The van der Waals surface area contributed by atoms with E-state index in [9.17, 15) is 55.3 Å². The molecule has 524 valence electrons. The van der Waals surface area contributed by atoms with Crippen molar-refractivity contribution in [3.8, 4) is 0 Å². The number of nitrogens with one attached hydrogen (secondary N) is 4. The molecule has 3 aromatic heterocycles. The van der Waals surface area contributed by atoms with E-state index in [4.69, 9.17) is 44.6 Å². The number of para-hydroxylation sites is 2. The minimum absolute atomic E-state index is 0.00724. The van der Waals surface area contributed by atoms with Crippen molar-refractivity contribution in [3.63, 3.8) is 0 Å². The maximum absolute atomic E-state index is 13.8. The molecule has 36 heteroatoms. The molecule has 0 spiro atoms. The molecule has 0 atom stereocenters. The van der Waals surface area contributed by atoms with Crippen LogP contribution in [0.2, 0.25) is 0 Å². The highest BCUT2D eigenvalue weighted by molar-refractivity contribution is 7.86. The van der Waals surface area contributed by atoms with Crippen molar-refractivity contribution in [3.05, 3.63) is 106 Å². The number of anilines is 11. The smallest absolute Gasteiger partial charge is 0.296 e. The maximum atomic E-state index is 13.8. The van der Waals surface area contributed by atoms with Crippen LogP contribution >= 0.6 is 22.7 Å². The third-order valence-electron chi connectivity index (χ3n) is 15.3. The Bertz CT molecular complexity index is 4180. The van der Waals surface area contributed by atoms with E-state index < -0.39 is 53.4 Å². The standard InChI is InChI=1S/C63H74N18O14S4/c1-7-77(8-2)41-19-21-45(73-75-62-68-55(79-25-31-94-32-26-79)51(96-62)37-43(39(5)84)57(86)64-47-15-11-13-17-53(47)98(88,89)90)49(35-41)66-59-70-60(72-61(71-59)81(23-29-82)24-30-83)67-50-36-42(78(9-3)10-4)20-22-46(50)74-76-63-69-56(80-27-33-95-34-28-80)52(97-63)38-44(40(6)85)58(87)65-48-16-12-14-18-54(48)99(91,92)93/h11-22,35-38,82-83H,7-10,23-34H2,1-6H3,(H,64,86)(H,65,87)(H,88,89,90)(H,91,92,93)(H2,66,67,70,71,72)/b43-37+,44-38?,75-73+,76-74+. The summed E-state index contributed by atoms with van der Waals surface area (Å²) in [7, 11) is -9.53. The van der Waals surface area contributed by atoms with Crippen LogP contribution in [-0.2, 0) is 48.9 Å². The molecule has 9 rings (SSSR count). The van der Waals surface area contributed by atoms with Crippen LogP contribution < -0.4 is 45.8 Å². The number of aromatic nitrogens is 5. The van der Waals surface area contributed by atoms with Gasteiger partial charge in [0.05, 0.1) is 83.3 Å². The number of aliphatic hydroxyl groups excluding tert-OH is 2. The number of hydrogen-bond acceptors (Lipinski definition) is 30. The first kappa shape index (κ1) is 73.6. The van der Waals surface area contributed by atoms with Crippen LogP contribution in [0.5, 0.6) is 0 Å². The number of benzene rings is 4. The molecular weight excluding hydrogens is 1360 g/mol. The van der Waals surface area contributed by atoms with Gasteiger partial charge in [0, 0.05) is 76.8 Å². The number of ketones is 2. The lowest BCUT2D eigenvalue weighted by molar-refractivity contribution is -0.120. The quantitative estimate of drug-likeness (QED) is 0.00660. The minimum Gasteiger partial charge on any atom is -0.395 e. The number of carbonyl (C=O) groups excluding carboxylic acids is 4. The number of hydrogen-bond donors (Lipinski definition) is 8. The van der Waals surface area contributed by atoms with Crippen molar-refractivity contribution >= 4 is 164 Å². The molecule has 0 bridgehead atoms. The van der Waals surface area contributed by atoms with E-state index in [1.807, 2.05) is 61.8 Å². The molecule has 2 amide bonds. The number of morpholine rings is 2. The molecule has 2 saturated heterocycles. The molecule has 4 aromatic carbocycles. The van der Waals surface area contributed by atoms with Crippen LogP contribution in [-0.4, -0.2) is 190 Å². The Morgan fingerprint density at radius 1 is 0.535 bits per heavy atom. The van der Waals surface area contributed by atoms with Gasteiger partial charge in [0.1, 0.15) is 32.8 Å². The van der Waals surface area contributed by atoms with Crippen LogP contribution in [0.25, 0.3) is 12.2 Å². The van der Waals surface area contributed by atoms with Crippen molar-refractivity contribution in [1.82, 2.24) is 24.9 Å². The summed E-state index contributed by atoms with van der Waals surface area (Å²) in [5.41, 5.74) is 1.66. The molecular formula is C63H74N18O14S4. The molecule has 0 saturated carbocycles. The second kappa shape index (κ2) is 33.8. The van der Waals surface area contributed by atoms with Crippen LogP contribution in [0.15, 0.2) is 126 Å². The summed E-state index contributed by atoms with van der Waals surface area (Å²) in [5.74, 6) is -2.46. The molecule has 8 N–H and O–H groups in total. The highest BCUT2D eigenvalue weighted by Gasteiger charge is 2.28. The lowest BCUT2D eigenvalue weighted by Gasteiger charge is -2.27. The fourth-order valence-corrected chi connectivity index (χ4v) is 13.4. The van der Waals surface area contributed by atoms with Gasteiger partial charge in [-0.3, -0.25) is 28.3 Å². The van der Waals surface area contributed by atoms with Gasteiger partial charge >= 0.3 is 0 Å². The summed E-state index contributed by atoms with van der Waals surface area (Å²) in [6.07, 6.45) is 2.68. The normalized spacial score (nSPS) is 14.0. The zero-order chi connectivity index (χ0) is 71.0. The molecule has 0 unspecified atom stereocenters. The second-order valence-corrected chi connectivity index (χ2v) is 26.6. The van der Waals surface area contributed by atoms with Crippen LogP contribution in [0, 0.1) is 0 Å². The fourth-order valence-electron chi connectivity index (χ4n) is 10.4. The number of Topliss-reactive ketones (excluding diaryl/α,β-unsaturated/α-hetero) is 2. The lowest BCUT2D eigenvalue weighted by atomic mass is 10.1. The Morgan fingerprint density at radius 2 is 0.919 bits per heavy atom. The summed E-state index contributed by atoms with van der Waals surface area (Å²) >= 11 is 2.05. The summed E-state index contributed by atoms with van der Waals surface area (Å²) in [6, 6.07) is 21.3. The minimum atomic E-state index is -4.76. The van der Waals surface area contributed by atoms with Crippen molar-refractivity contribution in [2.45, 2.75) is 51.3 Å². The first-order chi connectivity index (χ1) is 47.5. The third kappa shape index (κ3) is 19.0. The molecule has 2 fully saturated rings. The van der Waals surface area contributed by atoms with Gasteiger partial charge in [-0.15, -0.1) is 20.5 Å². The molecule has 7 aromatic rings. The van der Waals surface area contributed by atoms with E-state index in [2.05, 4.69) is 41.3 Å². The van der Waals surface area contributed by atoms with Crippen LogP contribution in [0.4, 0.5) is 85.2 Å². The Morgan fingerprint density at radius 3 is 1.27 bits per heavy atom. The van der Waals surface area contributed by atoms with E-state index in [1.54, 1.807) is 17.0 Å². The Labute approximate surface area is 578 Å². The van der Waals surface area contributed by atoms with Gasteiger partial charge in [0.15, 0.2) is 11.6 Å². The van der Waals surface area contributed by atoms with Crippen molar-refractivity contribution < 1.29 is 64.8 Å². The van der Waals surface area contributed by atoms with Crippen molar-refractivity contribution in [2.75, 3.05) is 151 Å². The van der Waals surface area contributed by atoms with Gasteiger partial charge < -0.3 is 65.5 Å². The summed E-state index contributed by atoms with van der Waals surface area (Å²) in [5, 5.41) is 50.9. The first-order valence-electron chi connectivity index (χ1n) is 31.3. The van der Waals surface area contributed by atoms with Crippen LogP contribution in [0.1, 0.15) is 51.3 Å². The average molecular weight is 1440 g/mol. The van der Waals surface area contributed by atoms with Gasteiger partial charge in [-0.2, -0.15) is 41.8 Å². The summed E-state index contributed by atoms with van der Waals surface area (Å²) < 4.78 is 79.8. The highest BCUT2D eigenvalue weighted by Crippen LogP contribution is 2.41. The van der Waals surface area contributed by atoms with E-state index in [1.165, 1.54) is 62.4 Å². The number of rotatable bonds is 31. The molecule has 5 heterocycles. The highest BCUT2D eigenvalue weighted by atomic mass is 32.2. The Hall–Kier alpha value is -9.63. The topological polar surface area (TPSA) is 414 Å². The first-order valence-corrected chi connectivity index (χ1v) is 35.8. The monoisotopic (exact) mass is 1430 g/mol. The van der Waals surface area contributed by atoms with Gasteiger partial charge in [-0.05, 0) is 114 Å². The zero-order valence-corrected chi connectivity index (χ0v) is 58.1. The summed E-state index contributed by atoms with van der Waals surface area (Å²) in [6.45, 7) is 15.3. The van der Waals surface area contributed by atoms with E-state index in [0.717, 1.165) is 46.2 Å². The molecule has 2 aliphatic heterocycles. The van der Waals surface area contributed by atoms with E-state index >= 15 is 0 Å². The van der Waals surface area contributed by atoms with E-state index in [-0.39, 0.29) is 88.3 Å². The predicted molar refractivity (Wildman–Crippen MR) is 379 cm³/mol. The van der Waals surface area contributed by atoms with Gasteiger partial charge in [0.2, 0.25) is 28.1 Å². The Balaban J connectivity index is 1.10. The second-order valence-electron chi connectivity index (χ2n) is 21.8. The van der Waals surface area contributed by atoms with Gasteiger partial charge in [0.25, 0.3) is 32.1 Å². The maximum Gasteiger partial charge on any atom is 0.296 e. The van der Waals surface area contributed by atoms with Crippen LogP contribution in [0.3, 0.4) is 0 Å². The molecule has 32 nitrogen and oxygen atoms in total. The number of azo groups is 2. The van der Waals surface area contributed by atoms with Gasteiger partial charge in [-0.25, -0.2) is 0 Å². The fraction of sp³-hybridized carbons (Fsp3) is 0.349. The summed E-state index contributed by atoms with van der Waals surface area (Å²) in [4.78, 5) is 87.4. The van der Waals surface area contributed by atoms with Crippen molar-refractivity contribution in [1.29, 1.82) is 0 Å². The predicted octanol–water partition coefficient (Wildman–Crippen LogP) is 8.97. The third-order valence-corrected chi connectivity index (χ3v) is 18.9. The number of amides is 2.